The quantitative estimate of drug-likeness (QED) is 0.599. The number of esters is 1. The molecule has 2 aromatic rings. The van der Waals surface area contributed by atoms with Gasteiger partial charge in [0.1, 0.15) is 0 Å². The average Bonchev–Trinajstić information content (AvgIpc) is 3.05. The standard InChI is InChI=1S/C21H19NO2/c23-21-19(22-20(24-21)18-9-5-2-6-10-18)17-13-11-16(12-14-17)15-7-3-1-4-8-15/h1-10,16H,11-14H2. The minimum atomic E-state index is -0.304. The molecule has 2 aromatic carbocycles. The highest BCUT2D eigenvalue weighted by atomic mass is 16.6. The van der Waals surface area contributed by atoms with Gasteiger partial charge in [0.15, 0.2) is 5.70 Å². The zero-order valence-corrected chi connectivity index (χ0v) is 13.4. The second-order valence-corrected chi connectivity index (χ2v) is 6.31. The summed E-state index contributed by atoms with van der Waals surface area (Å²) in [5.74, 6) is 0.695. The number of carbonyl (C=O) groups is 1. The first-order valence-electron chi connectivity index (χ1n) is 8.44. The minimum Gasteiger partial charge on any atom is -0.402 e. The fourth-order valence-electron chi connectivity index (χ4n) is 3.50. The molecule has 24 heavy (non-hydrogen) atoms. The zero-order chi connectivity index (χ0) is 16.4. The fraction of sp³-hybridized carbons (Fsp3) is 0.238. The molecule has 0 aromatic heterocycles. The van der Waals surface area contributed by atoms with Gasteiger partial charge >= 0.3 is 5.97 Å². The van der Waals surface area contributed by atoms with E-state index in [-0.39, 0.29) is 5.97 Å². The number of hydrogen-bond acceptors (Lipinski definition) is 3. The summed E-state index contributed by atoms with van der Waals surface area (Å²) >= 11 is 0. The molecule has 1 aliphatic carbocycles. The number of nitrogens with zero attached hydrogens (tertiary/aromatic N) is 1. The van der Waals surface area contributed by atoms with Crippen molar-refractivity contribution in [3.63, 3.8) is 0 Å². The monoisotopic (exact) mass is 317 g/mol. The van der Waals surface area contributed by atoms with E-state index in [1.165, 1.54) is 5.56 Å². The van der Waals surface area contributed by atoms with Crippen molar-refractivity contribution in [3.05, 3.63) is 83.1 Å². The van der Waals surface area contributed by atoms with Crippen LogP contribution in [0, 0.1) is 0 Å². The van der Waals surface area contributed by atoms with Crippen molar-refractivity contribution in [2.45, 2.75) is 31.6 Å². The first-order valence-corrected chi connectivity index (χ1v) is 8.44. The Hall–Kier alpha value is -2.68. The van der Waals surface area contributed by atoms with Gasteiger partial charge in [0.2, 0.25) is 5.90 Å². The maximum Gasteiger partial charge on any atom is 0.363 e. The summed E-state index contributed by atoms with van der Waals surface area (Å²) in [5.41, 5.74) is 3.90. The van der Waals surface area contributed by atoms with Crippen LogP contribution in [0.4, 0.5) is 0 Å². The average molecular weight is 317 g/mol. The first-order chi connectivity index (χ1) is 11.8. The maximum absolute atomic E-state index is 12.2. The van der Waals surface area contributed by atoms with E-state index in [1.54, 1.807) is 0 Å². The fourth-order valence-corrected chi connectivity index (χ4v) is 3.50. The molecule has 2 aliphatic rings. The summed E-state index contributed by atoms with van der Waals surface area (Å²) in [6.07, 6.45) is 3.95. The van der Waals surface area contributed by atoms with E-state index >= 15 is 0 Å². The lowest BCUT2D eigenvalue weighted by Gasteiger charge is -2.24. The zero-order valence-electron chi connectivity index (χ0n) is 13.4. The van der Waals surface area contributed by atoms with E-state index in [1.807, 2.05) is 36.4 Å². The molecule has 120 valence electrons. The van der Waals surface area contributed by atoms with Crippen molar-refractivity contribution in [2.24, 2.45) is 4.99 Å². The number of hydrogen-bond donors (Lipinski definition) is 0. The topological polar surface area (TPSA) is 38.7 Å². The molecule has 0 unspecified atom stereocenters. The molecule has 0 radical (unpaired) electrons. The smallest absolute Gasteiger partial charge is 0.363 e. The molecule has 3 nitrogen and oxygen atoms in total. The molecule has 0 atom stereocenters. The van der Waals surface area contributed by atoms with Crippen molar-refractivity contribution in [3.8, 4) is 0 Å². The predicted octanol–water partition coefficient (Wildman–Crippen LogP) is 4.60. The molecule has 0 amide bonds. The lowest BCUT2D eigenvalue weighted by Crippen LogP contribution is -2.10. The Morgan fingerprint density at radius 3 is 2.17 bits per heavy atom. The van der Waals surface area contributed by atoms with E-state index in [2.05, 4.69) is 29.3 Å². The van der Waals surface area contributed by atoms with Gasteiger partial charge in [-0.25, -0.2) is 9.79 Å². The third kappa shape index (κ3) is 2.90. The Morgan fingerprint density at radius 2 is 1.50 bits per heavy atom. The second-order valence-electron chi connectivity index (χ2n) is 6.31. The summed E-state index contributed by atoms with van der Waals surface area (Å²) < 4.78 is 5.38. The molecule has 1 fully saturated rings. The highest BCUT2D eigenvalue weighted by molar-refractivity contribution is 6.11. The van der Waals surface area contributed by atoms with Gasteiger partial charge in [-0.15, -0.1) is 0 Å². The van der Waals surface area contributed by atoms with Crippen molar-refractivity contribution < 1.29 is 9.53 Å². The number of cyclic esters (lactones) is 1. The Balaban J connectivity index is 1.53. The van der Waals surface area contributed by atoms with Gasteiger partial charge in [0, 0.05) is 5.56 Å². The van der Waals surface area contributed by atoms with Crippen molar-refractivity contribution in [1.29, 1.82) is 0 Å². The lowest BCUT2D eigenvalue weighted by molar-refractivity contribution is -0.130. The van der Waals surface area contributed by atoms with Gasteiger partial charge in [-0.05, 0) is 54.9 Å². The van der Waals surface area contributed by atoms with Gasteiger partial charge in [0.25, 0.3) is 0 Å². The third-order valence-electron chi connectivity index (χ3n) is 4.81. The molecule has 0 N–H and O–H groups in total. The van der Waals surface area contributed by atoms with Crippen LogP contribution in [0.3, 0.4) is 0 Å². The Morgan fingerprint density at radius 1 is 0.875 bits per heavy atom. The van der Waals surface area contributed by atoms with Crippen molar-refractivity contribution in [1.82, 2.24) is 0 Å². The van der Waals surface area contributed by atoms with Gasteiger partial charge < -0.3 is 4.74 Å². The summed E-state index contributed by atoms with van der Waals surface area (Å²) in [6, 6.07) is 20.2. The van der Waals surface area contributed by atoms with Crippen LogP contribution in [-0.4, -0.2) is 11.9 Å². The van der Waals surface area contributed by atoms with Crippen LogP contribution >= 0.6 is 0 Å². The number of allylic oxidation sites excluding steroid dienone is 1. The molecule has 0 saturated heterocycles. The highest BCUT2D eigenvalue weighted by Crippen LogP contribution is 2.37. The molecular formula is C21H19NO2. The van der Waals surface area contributed by atoms with Gasteiger partial charge in [-0.2, -0.15) is 0 Å². The van der Waals surface area contributed by atoms with Crippen LogP contribution in [0.2, 0.25) is 0 Å². The molecule has 4 rings (SSSR count). The number of rotatable bonds is 2. The summed E-state index contributed by atoms with van der Waals surface area (Å²) in [4.78, 5) is 16.7. The van der Waals surface area contributed by atoms with Gasteiger partial charge in [-0.3, -0.25) is 0 Å². The summed E-state index contributed by atoms with van der Waals surface area (Å²) in [6.45, 7) is 0. The highest BCUT2D eigenvalue weighted by Gasteiger charge is 2.29. The number of ether oxygens (including phenoxy) is 1. The van der Waals surface area contributed by atoms with E-state index in [4.69, 9.17) is 4.74 Å². The van der Waals surface area contributed by atoms with E-state index < -0.39 is 0 Å². The minimum absolute atomic E-state index is 0.304. The molecule has 0 bridgehead atoms. The van der Waals surface area contributed by atoms with Crippen LogP contribution in [0.5, 0.6) is 0 Å². The predicted molar refractivity (Wildman–Crippen MR) is 93.7 cm³/mol. The summed E-state index contributed by atoms with van der Waals surface area (Å²) in [7, 11) is 0. The van der Waals surface area contributed by atoms with Crippen LogP contribution in [-0.2, 0) is 9.53 Å². The molecule has 3 heteroatoms. The van der Waals surface area contributed by atoms with Crippen molar-refractivity contribution in [2.75, 3.05) is 0 Å². The molecule has 1 saturated carbocycles. The Labute approximate surface area is 141 Å². The van der Waals surface area contributed by atoms with Crippen molar-refractivity contribution >= 4 is 11.9 Å². The molecule has 1 heterocycles. The SMILES string of the molecule is O=C1OC(c2ccccc2)=NC1=C1CCC(c2ccccc2)CC1. The van der Waals surface area contributed by atoms with E-state index in [0.717, 1.165) is 36.8 Å². The number of carbonyl (C=O) groups excluding carboxylic acids is 1. The van der Waals surface area contributed by atoms with Crippen LogP contribution in [0.25, 0.3) is 0 Å². The first kappa shape index (κ1) is 14.9. The summed E-state index contributed by atoms with van der Waals surface area (Å²) in [5, 5.41) is 0. The van der Waals surface area contributed by atoms with E-state index in [9.17, 15) is 4.79 Å². The molecule has 0 spiro atoms. The third-order valence-corrected chi connectivity index (χ3v) is 4.81. The lowest BCUT2D eigenvalue weighted by atomic mass is 9.81. The van der Waals surface area contributed by atoms with Gasteiger partial charge in [-0.1, -0.05) is 48.5 Å². The van der Waals surface area contributed by atoms with Crippen LogP contribution in [0.15, 0.2) is 76.9 Å². The van der Waals surface area contributed by atoms with Crippen LogP contribution in [0.1, 0.15) is 42.7 Å². The van der Waals surface area contributed by atoms with Crippen LogP contribution < -0.4 is 0 Å². The maximum atomic E-state index is 12.2. The normalized spacial score (nSPS) is 20.8. The largest absolute Gasteiger partial charge is 0.402 e. The number of benzene rings is 2. The Kier molecular flexibility index (Phi) is 3.99. The van der Waals surface area contributed by atoms with Gasteiger partial charge in [0.05, 0.1) is 0 Å². The number of aliphatic imine (C=N–C) groups is 1. The second kappa shape index (κ2) is 6.44. The Bertz CT molecular complexity index is 796. The van der Waals surface area contributed by atoms with E-state index in [0.29, 0.717) is 17.5 Å². The molecule has 1 aliphatic heterocycles. The molecular weight excluding hydrogens is 298 g/mol.